The van der Waals surface area contributed by atoms with E-state index in [4.69, 9.17) is 0 Å². The van der Waals surface area contributed by atoms with Crippen LogP contribution in [0.15, 0.2) is 36.4 Å². The molecule has 1 aromatic rings. The van der Waals surface area contributed by atoms with Crippen molar-refractivity contribution in [2.75, 3.05) is 32.7 Å². The van der Waals surface area contributed by atoms with Crippen molar-refractivity contribution in [2.24, 2.45) is 0 Å². The zero-order chi connectivity index (χ0) is 14.0. The molecular formula is C17H26N2O. The minimum Gasteiger partial charge on any atom is -0.393 e. The molecule has 0 aliphatic carbocycles. The number of hydrogen-bond acceptors (Lipinski definition) is 3. The number of nitrogens with zero attached hydrogens (tertiary/aromatic N) is 1. The number of likely N-dealkylation sites (tertiary alicyclic amines) is 1. The molecule has 0 aromatic heterocycles. The van der Waals surface area contributed by atoms with Crippen LogP contribution in [0.25, 0.3) is 6.08 Å². The van der Waals surface area contributed by atoms with Crippen LogP contribution in [0.3, 0.4) is 0 Å². The molecule has 20 heavy (non-hydrogen) atoms. The molecule has 0 saturated carbocycles. The van der Waals surface area contributed by atoms with Crippen molar-refractivity contribution in [2.45, 2.75) is 25.4 Å². The average Bonchev–Trinajstić information content (AvgIpc) is 2.49. The van der Waals surface area contributed by atoms with Crippen molar-refractivity contribution in [3.8, 4) is 0 Å². The summed E-state index contributed by atoms with van der Waals surface area (Å²) in [6, 6.07) is 10.4. The Morgan fingerprint density at radius 3 is 2.70 bits per heavy atom. The van der Waals surface area contributed by atoms with Crippen LogP contribution in [-0.4, -0.2) is 48.8 Å². The third-order valence-electron chi connectivity index (χ3n) is 3.76. The van der Waals surface area contributed by atoms with Crippen LogP contribution < -0.4 is 5.32 Å². The summed E-state index contributed by atoms with van der Waals surface area (Å²) >= 11 is 0. The van der Waals surface area contributed by atoms with Crippen LogP contribution in [0.4, 0.5) is 0 Å². The first-order valence-electron chi connectivity index (χ1n) is 7.67. The molecule has 0 radical (unpaired) electrons. The van der Waals surface area contributed by atoms with Crippen molar-refractivity contribution in [3.63, 3.8) is 0 Å². The molecule has 1 saturated heterocycles. The molecular weight excluding hydrogens is 248 g/mol. The first kappa shape index (κ1) is 15.2. The molecule has 2 N–H and O–H groups in total. The van der Waals surface area contributed by atoms with E-state index in [-0.39, 0.29) is 6.10 Å². The number of aliphatic hydroxyl groups is 1. The Morgan fingerprint density at radius 1 is 1.20 bits per heavy atom. The molecule has 110 valence electrons. The van der Waals surface area contributed by atoms with Crippen LogP contribution in [0.1, 0.15) is 24.8 Å². The van der Waals surface area contributed by atoms with Gasteiger partial charge in [-0.15, -0.1) is 0 Å². The third-order valence-corrected chi connectivity index (χ3v) is 3.76. The number of hydrogen-bond donors (Lipinski definition) is 2. The van der Waals surface area contributed by atoms with Crippen LogP contribution in [0, 0.1) is 0 Å². The normalized spacial score (nSPS) is 17.9. The molecule has 1 fully saturated rings. The van der Waals surface area contributed by atoms with Gasteiger partial charge >= 0.3 is 0 Å². The summed E-state index contributed by atoms with van der Waals surface area (Å²) in [7, 11) is 0. The lowest BCUT2D eigenvalue weighted by molar-refractivity contribution is 0.0821. The fourth-order valence-corrected chi connectivity index (χ4v) is 2.52. The van der Waals surface area contributed by atoms with Gasteiger partial charge in [-0.05, 0) is 37.9 Å². The van der Waals surface area contributed by atoms with Gasteiger partial charge in [0.25, 0.3) is 0 Å². The van der Waals surface area contributed by atoms with E-state index in [1.165, 1.54) is 12.0 Å². The maximum absolute atomic E-state index is 9.44. The lowest BCUT2D eigenvalue weighted by Crippen LogP contribution is -2.37. The van der Waals surface area contributed by atoms with Crippen LogP contribution >= 0.6 is 0 Å². The summed E-state index contributed by atoms with van der Waals surface area (Å²) in [6.45, 7) is 5.22. The Balaban J connectivity index is 1.49. The fraction of sp³-hybridized carbons (Fsp3) is 0.529. The zero-order valence-corrected chi connectivity index (χ0v) is 12.2. The van der Waals surface area contributed by atoms with Crippen molar-refractivity contribution < 1.29 is 5.11 Å². The predicted octanol–water partition coefficient (Wildman–Crippen LogP) is 2.14. The van der Waals surface area contributed by atoms with Crippen LogP contribution in [-0.2, 0) is 0 Å². The van der Waals surface area contributed by atoms with Crippen LogP contribution in [0.5, 0.6) is 0 Å². The van der Waals surface area contributed by atoms with Gasteiger partial charge in [-0.25, -0.2) is 0 Å². The highest BCUT2D eigenvalue weighted by molar-refractivity contribution is 5.48. The van der Waals surface area contributed by atoms with Gasteiger partial charge in [0.15, 0.2) is 0 Å². The second-order valence-electron chi connectivity index (χ2n) is 5.44. The maximum Gasteiger partial charge on any atom is 0.0564 e. The molecule has 3 nitrogen and oxygen atoms in total. The van der Waals surface area contributed by atoms with E-state index in [0.717, 1.165) is 45.6 Å². The van der Waals surface area contributed by atoms with Crippen molar-refractivity contribution in [1.82, 2.24) is 10.2 Å². The zero-order valence-electron chi connectivity index (χ0n) is 12.2. The lowest BCUT2D eigenvalue weighted by atomic mass is 10.1. The summed E-state index contributed by atoms with van der Waals surface area (Å²) in [6.07, 6.45) is 7.31. The Kier molecular flexibility index (Phi) is 6.78. The van der Waals surface area contributed by atoms with Gasteiger partial charge in [0.05, 0.1) is 6.10 Å². The van der Waals surface area contributed by atoms with Gasteiger partial charge in [-0.1, -0.05) is 42.5 Å². The van der Waals surface area contributed by atoms with E-state index < -0.39 is 0 Å². The highest BCUT2D eigenvalue weighted by Crippen LogP contribution is 2.09. The van der Waals surface area contributed by atoms with Crippen molar-refractivity contribution in [3.05, 3.63) is 42.0 Å². The molecule has 3 heteroatoms. The van der Waals surface area contributed by atoms with E-state index in [1.54, 1.807) is 0 Å². The average molecular weight is 274 g/mol. The minimum absolute atomic E-state index is 0.0625. The molecule has 0 amide bonds. The standard InChI is InChI=1S/C17H26N2O/c20-17-9-14-19(15-10-17)13-5-12-18-11-4-8-16-6-2-1-3-7-16/h1-4,6-8,17-18,20H,5,9-15H2/b8-4+. The molecule has 1 heterocycles. The van der Waals surface area contributed by atoms with Crippen molar-refractivity contribution in [1.29, 1.82) is 0 Å². The Hall–Kier alpha value is -1.16. The topological polar surface area (TPSA) is 35.5 Å². The molecule has 1 aliphatic rings. The molecule has 0 spiro atoms. The van der Waals surface area contributed by atoms with Gasteiger partial charge in [-0.2, -0.15) is 0 Å². The van der Waals surface area contributed by atoms with Gasteiger partial charge in [-0.3, -0.25) is 0 Å². The second-order valence-corrected chi connectivity index (χ2v) is 5.44. The van der Waals surface area contributed by atoms with Crippen LogP contribution in [0.2, 0.25) is 0 Å². The third kappa shape index (κ3) is 5.87. The van der Waals surface area contributed by atoms with Gasteiger partial charge in [0.2, 0.25) is 0 Å². The lowest BCUT2D eigenvalue weighted by Gasteiger charge is -2.29. The first-order chi connectivity index (χ1) is 9.84. The smallest absolute Gasteiger partial charge is 0.0564 e. The van der Waals surface area contributed by atoms with E-state index in [9.17, 15) is 5.11 Å². The Labute approximate surface area is 122 Å². The first-order valence-corrected chi connectivity index (χ1v) is 7.67. The van der Waals surface area contributed by atoms with E-state index in [0.29, 0.717) is 0 Å². The molecule has 1 aromatic carbocycles. The van der Waals surface area contributed by atoms with E-state index in [2.05, 4.69) is 46.6 Å². The quantitative estimate of drug-likeness (QED) is 0.748. The largest absolute Gasteiger partial charge is 0.393 e. The number of piperidine rings is 1. The van der Waals surface area contributed by atoms with E-state index >= 15 is 0 Å². The van der Waals surface area contributed by atoms with Crippen molar-refractivity contribution >= 4 is 6.08 Å². The van der Waals surface area contributed by atoms with Gasteiger partial charge < -0.3 is 15.3 Å². The Bertz CT molecular complexity index is 383. The summed E-state index contributed by atoms with van der Waals surface area (Å²) in [5.74, 6) is 0. The minimum atomic E-state index is -0.0625. The maximum atomic E-state index is 9.44. The highest BCUT2D eigenvalue weighted by Gasteiger charge is 2.15. The molecule has 0 bridgehead atoms. The van der Waals surface area contributed by atoms with Gasteiger partial charge in [0.1, 0.15) is 0 Å². The van der Waals surface area contributed by atoms with E-state index in [1.807, 2.05) is 6.07 Å². The summed E-state index contributed by atoms with van der Waals surface area (Å²) in [5.41, 5.74) is 1.25. The highest BCUT2D eigenvalue weighted by atomic mass is 16.3. The second kappa shape index (κ2) is 8.90. The monoisotopic (exact) mass is 274 g/mol. The predicted molar refractivity (Wildman–Crippen MR) is 84.6 cm³/mol. The number of nitrogens with one attached hydrogen (secondary N) is 1. The number of benzene rings is 1. The fourth-order valence-electron chi connectivity index (χ4n) is 2.52. The molecule has 1 aliphatic heterocycles. The number of rotatable bonds is 7. The number of aliphatic hydroxyl groups excluding tert-OH is 1. The van der Waals surface area contributed by atoms with Gasteiger partial charge in [0, 0.05) is 19.6 Å². The molecule has 0 atom stereocenters. The summed E-state index contributed by atoms with van der Waals surface area (Å²) in [5, 5.41) is 12.9. The summed E-state index contributed by atoms with van der Waals surface area (Å²) in [4.78, 5) is 2.45. The Morgan fingerprint density at radius 2 is 1.95 bits per heavy atom. The molecule has 2 rings (SSSR count). The SMILES string of the molecule is OC1CCN(CCCNC/C=C/c2ccccc2)CC1. The summed E-state index contributed by atoms with van der Waals surface area (Å²) < 4.78 is 0. The molecule has 0 unspecified atom stereocenters.